The van der Waals surface area contributed by atoms with Crippen LogP contribution in [0.2, 0.25) is 5.02 Å². The minimum Gasteiger partial charge on any atom is -0.388 e. The van der Waals surface area contributed by atoms with Crippen molar-refractivity contribution < 1.29 is 19.8 Å². The number of rotatable bonds is 6. The molecule has 1 fully saturated rings. The Hall–Kier alpha value is -1.83. The number of benzene rings is 1. The zero-order valence-corrected chi connectivity index (χ0v) is 21.0. The summed E-state index contributed by atoms with van der Waals surface area (Å²) < 4.78 is 0. The molecule has 4 N–H and O–H groups in total. The molecule has 1 aliphatic rings. The molecular formula is C24H38ClN3O4. The second-order valence-electron chi connectivity index (χ2n) is 10.9. The van der Waals surface area contributed by atoms with E-state index in [4.69, 9.17) is 11.6 Å². The number of carbonyl (C=O) groups excluding carboxylic acids is 2. The number of amides is 3. The van der Waals surface area contributed by atoms with Crippen molar-refractivity contribution in [3.8, 4) is 0 Å². The largest absolute Gasteiger partial charge is 0.388 e. The highest BCUT2D eigenvalue weighted by molar-refractivity contribution is 6.30. The molecule has 7 nitrogen and oxygen atoms in total. The maximum Gasteiger partial charge on any atom is 0.315 e. The summed E-state index contributed by atoms with van der Waals surface area (Å²) in [6, 6.07) is 6.31. The predicted molar refractivity (Wildman–Crippen MR) is 126 cm³/mol. The van der Waals surface area contributed by atoms with Crippen molar-refractivity contribution in [1.82, 2.24) is 15.5 Å². The van der Waals surface area contributed by atoms with Gasteiger partial charge in [-0.25, -0.2) is 4.79 Å². The van der Waals surface area contributed by atoms with Crippen molar-refractivity contribution in [3.63, 3.8) is 0 Å². The van der Waals surface area contributed by atoms with Gasteiger partial charge in [0.1, 0.15) is 0 Å². The molecule has 180 valence electrons. The maximum atomic E-state index is 13.1. The van der Waals surface area contributed by atoms with Crippen LogP contribution in [0, 0.1) is 5.41 Å². The summed E-state index contributed by atoms with van der Waals surface area (Å²) in [6.45, 7) is 13.3. The first-order chi connectivity index (χ1) is 14.5. The van der Waals surface area contributed by atoms with Gasteiger partial charge in [0, 0.05) is 35.5 Å². The van der Waals surface area contributed by atoms with E-state index in [9.17, 15) is 19.8 Å². The highest BCUT2D eigenvalue weighted by Gasteiger charge is 2.49. The van der Waals surface area contributed by atoms with Crippen molar-refractivity contribution in [1.29, 1.82) is 0 Å². The van der Waals surface area contributed by atoms with Crippen LogP contribution in [0.5, 0.6) is 0 Å². The third kappa shape index (κ3) is 6.15. The number of piperidine rings is 1. The van der Waals surface area contributed by atoms with Gasteiger partial charge in [-0.15, -0.1) is 0 Å². The highest BCUT2D eigenvalue weighted by Crippen LogP contribution is 2.46. The summed E-state index contributed by atoms with van der Waals surface area (Å²) in [7, 11) is 0. The van der Waals surface area contributed by atoms with Crippen molar-refractivity contribution >= 4 is 23.5 Å². The van der Waals surface area contributed by atoms with Gasteiger partial charge < -0.3 is 25.7 Å². The molecule has 1 heterocycles. The van der Waals surface area contributed by atoms with E-state index in [0.717, 1.165) is 5.56 Å². The predicted octanol–water partition coefficient (Wildman–Crippen LogP) is 3.41. The van der Waals surface area contributed by atoms with Crippen LogP contribution < -0.4 is 10.6 Å². The second kappa shape index (κ2) is 9.20. The number of nitrogens with zero attached hydrogens (tertiary/aromatic N) is 1. The van der Waals surface area contributed by atoms with Crippen molar-refractivity contribution in [3.05, 3.63) is 34.9 Å². The summed E-state index contributed by atoms with van der Waals surface area (Å²) in [5.41, 5.74) is -2.70. The quantitative estimate of drug-likeness (QED) is 0.514. The second-order valence-corrected chi connectivity index (χ2v) is 11.3. The van der Waals surface area contributed by atoms with Gasteiger partial charge in [-0.3, -0.25) is 4.79 Å². The molecular weight excluding hydrogens is 430 g/mol. The molecule has 2 rings (SSSR count). The fraction of sp³-hybridized carbons (Fsp3) is 0.667. The molecule has 0 spiro atoms. The number of likely N-dealkylation sites (tertiary alicyclic amines) is 1. The molecule has 32 heavy (non-hydrogen) atoms. The van der Waals surface area contributed by atoms with E-state index < -0.39 is 34.2 Å². The Morgan fingerprint density at radius 1 is 1.19 bits per heavy atom. The van der Waals surface area contributed by atoms with Crippen LogP contribution in [0.3, 0.4) is 0 Å². The molecule has 1 aromatic rings. The van der Waals surface area contributed by atoms with Crippen LogP contribution in [-0.2, 0) is 10.4 Å². The first-order valence-corrected chi connectivity index (χ1v) is 11.4. The van der Waals surface area contributed by atoms with E-state index in [1.807, 2.05) is 26.0 Å². The zero-order valence-electron chi connectivity index (χ0n) is 20.3. The minimum absolute atomic E-state index is 0.0860. The highest BCUT2D eigenvalue weighted by atomic mass is 35.5. The molecule has 1 aliphatic heterocycles. The van der Waals surface area contributed by atoms with Crippen molar-refractivity contribution in [2.24, 2.45) is 5.41 Å². The molecule has 1 saturated heterocycles. The van der Waals surface area contributed by atoms with Crippen LogP contribution in [0.4, 0.5) is 4.79 Å². The number of hydrogen-bond acceptors (Lipinski definition) is 4. The molecule has 0 bridgehead atoms. The van der Waals surface area contributed by atoms with E-state index in [1.165, 1.54) is 0 Å². The van der Waals surface area contributed by atoms with Gasteiger partial charge in [0.05, 0.1) is 17.2 Å². The molecule has 0 radical (unpaired) electrons. The maximum absolute atomic E-state index is 13.1. The Balaban J connectivity index is 2.02. The molecule has 0 aromatic heterocycles. The summed E-state index contributed by atoms with van der Waals surface area (Å²) >= 11 is 6.00. The van der Waals surface area contributed by atoms with E-state index in [-0.39, 0.29) is 12.3 Å². The van der Waals surface area contributed by atoms with Crippen LogP contribution in [0.15, 0.2) is 24.3 Å². The van der Waals surface area contributed by atoms with Gasteiger partial charge in [-0.2, -0.15) is 0 Å². The Morgan fingerprint density at radius 3 is 2.25 bits per heavy atom. The van der Waals surface area contributed by atoms with Crippen molar-refractivity contribution in [2.75, 3.05) is 13.1 Å². The number of halogens is 1. The fourth-order valence-corrected chi connectivity index (χ4v) is 4.17. The lowest BCUT2D eigenvalue weighted by atomic mass is 9.66. The smallest absolute Gasteiger partial charge is 0.315 e. The van der Waals surface area contributed by atoms with Gasteiger partial charge in [0.2, 0.25) is 5.91 Å². The third-order valence-corrected chi connectivity index (χ3v) is 6.83. The van der Waals surface area contributed by atoms with E-state index in [1.54, 1.807) is 51.7 Å². The number of hydrogen-bond donors (Lipinski definition) is 4. The zero-order chi connectivity index (χ0) is 24.5. The number of aliphatic hydroxyl groups is 2. The Bertz CT molecular complexity index is 833. The third-order valence-electron chi connectivity index (χ3n) is 6.58. The standard InChI is InChI=1S/C24H38ClN3O4/c1-16(23(6,7)31)26-20(30)27-22(4,5)14-19(29)28-13-12-24(32,21(2,3)15-28)17-8-10-18(25)11-9-17/h8-11,16,31-32H,12-15H2,1-7H3,(H2,26,27,30)/t16-,24-/m0/s1. The monoisotopic (exact) mass is 467 g/mol. The van der Waals surface area contributed by atoms with Gasteiger partial charge in [0.25, 0.3) is 0 Å². The van der Waals surface area contributed by atoms with Gasteiger partial charge in [-0.05, 0) is 58.7 Å². The lowest BCUT2D eigenvalue weighted by Gasteiger charge is -2.51. The van der Waals surface area contributed by atoms with Crippen LogP contribution in [-0.4, -0.2) is 57.3 Å². The Kier molecular flexibility index (Phi) is 7.59. The molecule has 0 aliphatic carbocycles. The molecule has 2 atom stereocenters. The Labute approximate surface area is 196 Å². The average molecular weight is 468 g/mol. The van der Waals surface area contributed by atoms with E-state index >= 15 is 0 Å². The lowest BCUT2D eigenvalue weighted by molar-refractivity contribution is -0.154. The van der Waals surface area contributed by atoms with Gasteiger partial charge in [0.15, 0.2) is 0 Å². The van der Waals surface area contributed by atoms with E-state index in [0.29, 0.717) is 24.5 Å². The van der Waals surface area contributed by atoms with Crippen LogP contribution in [0.1, 0.15) is 66.9 Å². The number of nitrogens with one attached hydrogen (secondary N) is 2. The molecule has 1 aromatic carbocycles. The SMILES string of the molecule is C[C@H](NC(=O)NC(C)(C)CC(=O)N1CC[C@](O)(c2ccc(Cl)cc2)C(C)(C)C1)C(C)(C)O. The molecule has 8 heteroatoms. The summed E-state index contributed by atoms with van der Waals surface area (Å²) in [5, 5.41) is 27.6. The minimum atomic E-state index is -1.07. The fourth-order valence-electron chi connectivity index (χ4n) is 4.05. The van der Waals surface area contributed by atoms with Gasteiger partial charge in [-0.1, -0.05) is 37.6 Å². The van der Waals surface area contributed by atoms with Gasteiger partial charge >= 0.3 is 6.03 Å². The number of urea groups is 1. The lowest BCUT2D eigenvalue weighted by Crippen LogP contribution is -2.59. The van der Waals surface area contributed by atoms with Crippen LogP contribution >= 0.6 is 11.6 Å². The first-order valence-electron chi connectivity index (χ1n) is 11.0. The number of carbonyl (C=O) groups is 2. The summed E-state index contributed by atoms with van der Waals surface area (Å²) in [5.74, 6) is -0.0860. The summed E-state index contributed by atoms with van der Waals surface area (Å²) in [6.07, 6.45) is 0.525. The Morgan fingerprint density at radius 2 is 1.75 bits per heavy atom. The normalized spacial score (nSPS) is 22.2. The van der Waals surface area contributed by atoms with Crippen molar-refractivity contribution in [2.45, 2.75) is 84.1 Å². The summed E-state index contributed by atoms with van der Waals surface area (Å²) in [4.78, 5) is 27.2. The molecule has 0 saturated carbocycles. The van der Waals surface area contributed by atoms with E-state index in [2.05, 4.69) is 10.6 Å². The first kappa shape index (κ1) is 26.4. The molecule has 3 amide bonds. The van der Waals surface area contributed by atoms with Crippen LogP contribution in [0.25, 0.3) is 0 Å². The topological polar surface area (TPSA) is 102 Å². The molecule has 0 unspecified atom stereocenters. The average Bonchev–Trinajstić information content (AvgIpc) is 2.62.